The van der Waals surface area contributed by atoms with E-state index < -0.39 is 0 Å². The van der Waals surface area contributed by atoms with Crippen molar-refractivity contribution in [2.75, 3.05) is 6.54 Å². The standard InChI is InChI=1S/C13H11ClN6OS/c1-2-20-12(21)10(5-9-3-4-11(14)15-6-9)22-13(20)18-19-7-16-17-8-19/h3-8H,2H2,1H3/b10-5+,18-13?. The highest BCUT2D eigenvalue weighted by Gasteiger charge is 2.32. The quantitative estimate of drug-likeness (QED) is 0.634. The number of hydrogen-bond acceptors (Lipinski definition) is 6. The fourth-order valence-electron chi connectivity index (χ4n) is 1.83. The molecule has 0 N–H and O–H groups in total. The molecule has 0 aromatic carbocycles. The number of amides is 1. The van der Waals surface area contributed by atoms with E-state index in [0.29, 0.717) is 21.8 Å². The molecule has 0 aliphatic carbocycles. The minimum atomic E-state index is -0.0886. The van der Waals surface area contributed by atoms with E-state index in [1.807, 2.05) is 6.92 Å². The topological polar surface area (TPSA) is 76.3 Å². The first kappa shape index (κ1) is 14.7. The molecular weight excluding hydrogens is 324 g/mol. The Morgan fingerprint density at radius 1 is 1.36 bits per heavy atom. The van der Waals surface area contributed by atoms with Crippen LogP contribution < -0.4 is 0 Å². The Balaban J connectivity index is 1.91. The lowest BCUT2D eigenvalue weighted by Crippen LogP contribution is -2.29. The van der Waals surface area contributed by atoms with E-state index in [4.69, 9.17) is 11.6 Å². The van der Waals surface area contributed by atoms with Crippen LogP contribution >= 0.6 is 23.4 Å². The van der Waals surface area contributed by atoms with Crippen molar-refractivity contribution in [3.05, 3.63) is 46.6 Å². The van der Waals surface area contributed by atoms with Gasteiger partial charge >= 0.3 is 0 Å². The van der Waals surface area contributed by atoms with Crippen LogP contribution in [0.3, 0.4) is 0 Å². The van der Waals surface area contributed by atoms with Crippen LogP contribution in [0.4, 0.5) is 0 Å². The molecule has 1 fully saturated rings. The van der Waals surface area contributed by atoms with Crippen molar-refractivity contribution >= 4 is 40.5 Å². The van der Waals surface area contributed by atoms with Crippen LogP contribution in [0.2, 0.25) is 5.15 Å². The highest BCUT2D eigenvalue weighted by molar-refractivity contribution is 8.18. The van der Waals surface area contributed by atoms with Gasteiger partial charge in [0, 0.05) is 12.7 Å². The molecule has 1 aliphatic rings. The van der Waals surface area contributed by atoms with Crippen LogP contribution in [0.25, 0.3) is 6.08 Å². The lowest BCUT2D eigenvalue weighted by Gasteiger charge is -2.11. The van der Waals surface area contributed by atoms with Gasteiger partial charge in [-0.3, -0.25) is 9.69 Å². The summed E-state index contributed by atoms with van der Waals surface area (Å²) in [5.41, 5.74) is 0.807. The Kier molecular flexibility index (Phi) is 4.21. The molecule has 0 bridgehead atoms. The molecule has 2 aromatic rings. The molecule has 9 heteroatoms. The molecule has 1 amide bonds. The molecule has 2 aromatic heterocycles. The third-order valence-electron chi connectivity index (χ3n) is 2.86. The van der Waals surface area contributed by atoms with Crippen molar-refractivity contribution in [1.82, 2.24) is 24.8 Å². The predicted octanol–water partition coefficient (Wildman–Crippen LogP) is 2.08. The molecule has 1 aliphatic heterocycles. The van der Waals surface area contributed by atoms with Gasteiger partial charge in [-0.05, 0) is 36.4 Å². The van der Waals surface area contributed by atoms with Crippen LogP contribution in [-0.4, -0.2) is 42.4 Å². The van der Waals surface area contributed by atoms with Crippen molar-refractivity contribution in [3.63, 3.8) is 0 Å². The highest BCUT2D eigenvalue weighted by atomic mass is 35.5. The second-order valence-corrected chi connectivity index (χ2v) is 5.70. The lowest BCUT2D eigenvalue weighted by atomic mass is 10.2. The summed E-state index contributed by atoms with van der Waals surface area (Å²) in [6.45, 7) is 2.43. The van der Waals surface area contributed by atoms with Crippen LogP contribution in [-0.2, 0) is 4.79 Å². The van der Waals surface area contributed by atoms with E-state index in [2.05, 4.69) is 20.3 Å². The van der Waals surface area contributed by atoms with E-state index in [-0.39, 0.29) is 5.91 Å². The molecule has 3 rings (SSSR count). The van der Waals surface area contributed by atoms with Crippen LogP contribution in [0.5, 0.6) is 0 Å². The molecule has 1 saturated heterocycles. The van der Waals surface area contributed by atoms with Crippen molar-refractivity contribution in [1.29, 1.82) is 0 Å². The van der Waals surface area contributed by atoms with E-state index >= 15 is 0 Å². The first-order chi connectivity index (χ1) is 10.7. The van der Waals surface area contributed by atoms with E-state index in [1.165, 1.54) is 29.1 Å². The predicted molar refractivity (Wildman–Crippen MR) is 85.1 cm³/mol. The van der Waals surface area contributed by atoms with Crippen molar-refractivity contribution in [2.45, 2.75) is 6.92 Å². The van der Waals surface area contributed by atoms with Gasteiger partial charge in [-0.1, -0.05) is 17.7 Å². The first-order valence-corrected chi connectivity index (χ1v) is 7.63. The summed E-state index contributed by atoms with van der Waals surface area (Å²) in [6, 6.07) is 3.49. The summed E-state index contributed by atoms with van der Waals surface area (Å²) in [6.07, 6.45) is 6.33. The van der Waals surface area contributed by atoms with E-state index in [9.17, 15) is 4.79 Å². The molecule has 0 unspecified atom stereocenters. The van der Waals surface area contributed by atoms with Gasteiger partial charge in [-0.25, -0.2) is 9.66 Å². The molecule has 7 nitrogen and oxygen atoms in total. The number of likely N-dealkylation sites (N-methyl/N-ethyl adjacent to an activating group) is 1. The van der Waals surface area contributed by atoms with Gasteiger partial charge in [-0.2, -0.15) is 0 Å². The number of thioether (sulfide) groups is 1. The molecule has 0 spiro atoms. The van der Waals surface area contributed by atoms with Crippen molar-refractivity contribution in [2.24, 2.45) is 5.10 Å². The average molecular weight is 335 g/mol. The smallest absolute Gasteiger partial charge is 0.266 e. The number of hydrogen-bond donors (Lipinski definition) is 0. The maximum atomic E-state index is 12.4. The van der Waals surface area contributed by atoms with Crippen LogP contribution in [0, 0.1) is 0 Å². The van der Waals surface area contributed by atoms with Crippen LogP contribution in [0.15, 0.2) is 41.0 Å². The maximum absolute atomic E-state index is 12.4. The fourth-order valence-corrected chi connectivity index (χ4v) is 2.99. The molecule has 112 valence electrons. The Labute approximate surface area is 135 Å². The van der Waals surface area contributed by atoms with Gasteiger partial charge in [0.05, 0.1) is 4.91 Å². The Morgan fingerprint density at radius 2 is 2.14 bits per heavy atom. The molecule has 22 heavy (non-hydrogen) atoms. The summed E-state index contributed by atoms with van der Waals surface area (Å²) < 4.78 is 1.46. The zero-order valence-electron chi connectivity index (χ0n) is 11.5. The fraction of sp³-hybridized carbons (Fsp3) is 0.154. The number of nitrogens with zero attached hydrogens (tertiary/aromatic N) is 6. The monoisotopic (exact) mass is 334 g/mol. The number of carbonyl (C=O) groups is 1. The van der Waals surface area contributed by atoms with Gasteiger partial charge in [0.2, 0.25) is 0 Å². The van der Waals surface area contributed by atoms with Gasteiger partial charge in [0.1, 0.15) is 17.8 Å². The molecule has 0 saturated carbocycles. The van der Waals surface area contributed by atoms with E-state index in [1.54, 1.807) is 29.3 Å². The minimum absolute atomic E-state index is 0.0886. The largest absolute Gasteiger partial charge is 0.285 e. The van der Waals surface area contributed by atoms with Gasteiger partial charge < -0.3 is 0 Å². The summed E-state index contributed by atoms with van der Waals surface area (Å²) in [5.74, 6) is -0.0886. The Hall–Kier alpha value is -2.19. The van der Waals surface area contributed by atoms with Gasteiger partial charge in [0.25, 0.3) is 5.91 Å². The summed E-state index contributed by atoms with van der Waals surface area (Å²) in [5, 5.41) is 12.7. The number of amidine groups is 1. The third kappa shape index (κ3) is 3.02. The second-order valence-electron chi connectivity index (χ2n) is 4.30. The minimum Gasteiger partial charge on any atom is -0.285 e. The Morgan fingerprint density at radius 3 is 2.77 bits per heavy atom. The summed E-state index contributed by atoms with van der Waals surface area (Å²) in [7, 11) is 0. The first-order valence-electron chi connectivity index (χ1n) is 6.44. The third-order valence-corrected chi connectivity index (χ3v) is 4.08. The number of pyridine rings is 1. The van der Waals surface area contributed by atoms with Gasteiger partial charge in [0.15, 0.2) is 5.17 Å². The average Bonchev–Trinajstić information content (AvgIpc) is 3.11. The zero-order valence-corrected chi connectivity index (χ0v) is 13.1. The molecule has 0 radical (unpaired) electrons. The van der Waals surface area contributed by atoms with Crippen LogP contribution in [0.1, 0.15) is 12.5 Å². The van der Waals surface area contributed by atoms with Crippen molar-refractivity contribution in [3.8, 4) is 0 Å². The lowest BCUT2D eigenvalue weighted by molar-refractivity contribution is -0.122. The Bertz CT molecular complexity index is 740. The van der Waals surface area contributed by atoms with Gasteiger partial charge in [-0.15, -0.1) is 15.3 Å². The SMILES string of the molecule is CCN1C(=O)/C(=C\c2ccc(Cl)nc2)SC1=Nn1cnnc1. The normalized spacial score (nSPS) is 18.6. The highest BCUT2D eigenvalue weighted by Crippen LogP contribution is 2.32. The molecule has 0 atom stereocenters. The number of halogens is 1. The number of carbonyl (C=O) groups excluding carboxylic acids is 1. The summed E-state index contributed by atoms with van der Waals surface area (Å²) in [4.78, 5) is 18.6. The maximum Gasteiger partial charge on any atom is 0.266 e. The van der Waals surface area contributed by atoms with E-state index in [0.717, 1.165) is 5.56 Å². The zero-order chi connectivity index (χ0) is 15.5. The van der Waals surface area contributed by atoms with Crippen molar-refractivity contribution < 1.29 is 4.79 Å². The number of aromatic nitrogens is 4. The molecular formula is C13H11ClN6OS. The molecule has 3 heterocycles. The summed E-state index contributed by atoms with van der Waals surface area (Å²) >= 11 is 7.06. The number of rotatable bonds is 3. The second kappa shape index (κ2) is 6.29.